The number of amides is 1. The van der Waals surface area contributed by atoms with Gasteiger partial charge in [-0.1, -0.05) is 48.0 Å². The molecule has 2 heterocycles. The second kappa shape index (κ2) is 8.96. The fourth-order valence-electron chi connectivity index (χ4n) is 3.76. The standard InChI is InChI=1S/C22H25N5O2/c28-21(16-27-22(29)19-10-4-5-11-20(19)24-25-27)23-14-17-8-2-3-9-18(17)15-26-12-6-1-7-13-26/h2-5,8-11H,1,6-7,12-16H2,(H,23,28). The summed E-state index contributed by atoms with van der Waals surface area (Å²) in [7, 11) is 0. The van der Waals surface area contributed by atoms with Crippen molar-refractivity contribution in [2.75, 3.05) is 13.1 Å². The Balaban J connectivity index is 1.40. The summed E-state index contributed by atoms with van der Waals surface area (Å²) in [6.07, 6.45) is 3.81. The van der Waals surface area contributed by atoms with Gasteiger partial charge in [-0.05, 0) is 49.2 Å². The van der Waals surface area contributed by atoms with E-state index in [0.717, 1.165) is 29.9 Å². The van der Waals surface area contributed by atoms with E-state index >= 15 is 0 Å². The third-order valence-electron chi connectivity index (χ3n) is 5.36. The van der Waals surface area contributed by atoms with Gasteiger partial charge in [0.1, 0.15) is 12.1 Å². The van der Waals surface area contributed by atoms with Crippen molar-refractivity contribution < 1.29 is 4.79 Å². The highest BCUT2D eigenvalue weighted by atomic mass is 16.2. The van der Waals surface area contributed by atoms with E-state index < -0.39 is 0 Å². The van der Waals surface area contributed by atoms with Crippen LogP contribution in [0.2, 0.25) is 0 Å². The molecule has 0 saturated carbocycles. The second-order valence-electron chi connectivity index (χ2n) is 7.45. The predicted molar refractivity (Wildman–Crippen MR) is 111 cm³/mol. The Hall–Kier alpha value is -3.06. The van der Waals surface area contributed by atoms with Gasteiger partial charge in [0.25, 0.3) is 5.56 Å². The number of carbonyl (C=O) groups excluding carboxylic acids is 1. The zero-order chi connectivity index (χ0) is 20.1. The Bertz CT molecular complexity index is 1060. The van der Waals surface area contributed by atoms with Crippen molar-refractivity contribution in [2.24, 2.45) is 0 Å². The van der Waals surface area contributed by atoms with Gasteiger partial charge in [-0.3, -0.25) is 14.5 Å². The van der Waals surface area contributed by atoms with Gasteiger partial charge in [-0.25, -0.2) is 4.68 Å². The van der Waals surface area contributed by atoms with Gasteiger partial charge < -0.3 is 5.32 Å². The third-order valence-corrected chi connectivity index (χ3v) is 5.36. The number of aromatic nitrogens is 3. The Kier molecular flexibility index (Phi) is 5.95. The lowest BCUT2D eigenvalue weighted by atomic mass is 10.0. The number of carbonyl (C=O) groups is 1. The summed E-state index contributed by atoms with van der Waals surface area (Å²) in [6.45, 7) is 3.44. The molecule has 0 spiro atoms. The van der Waals surface area contributed by atoms with Crippen LogP contribution in [0.1, 0.15) is 30.4 Å². The topological polar surface area (TPSA) is 80.1 Å². The average Bonchev–Trinajstić information content (AvgIpc) is 2.76. The van der Waals surface area contributed by atoms with E-state index in [4.69, 9.17) is 0 Å². The summed E-state index contributed by atoms with van der Waals surface area (Å²) in [5, 5.41) is 11.3. The zero-order valence-corrected chi connectivity index (χ0v) is 16.4. The van der Waals surface area contributed by atoms with Crippen LogP contribution in [0.3, 0.4) is 0 Å². The maximum atomic E-state index is 12.5. The predicted octanol–water partition coefficient (Wildman–Crippen LogP) is 2.09. The molecular weight excluding hydrogens is 366 g/mol. The van der Waals surface area contributed by atoms with Gasteiger partial charge in [0, 0.05) is 13.1 Å². The number of rotatable bonds is 6. The molecule has 0 bridgehead atoms. The van der Waals surface area contributed by atoms with Gasteiger partial charge in [0.15, 0.2) is 0 Å². The molecule has 1 aromatic heterocycles. The number of nitrogens with zero attached hydrogens (tertiary/aromatic N) is 4. The van der Waals surface area contributed by atoms with Crippen LogP contribution in [0, 0.1) is 0 Å². The summed E-state index contributed by atoms with van der Waals surface area (Å²) in [4.78, 5) is 27.4. The Morgan fingerprint density at radius 2 is 1.69 bits per heavy atom. The molecule has 29 heavy (non-hydrogen) atoms. The maximum Gasteiger partial charge on any atom is 0.278 e. The molecule has 0 unspecified atom stereocenters. The number of piperidine rings is 1. The number of nitrogens with one attached hydrogen (secondary N) is 1. The van der Waals surface area contributed by atoms with Gasteiger partial charge in [-0.15, -0.1) is 5.10 Å². The SMILES string of the molecule is O=C(Cn1nnc2ccccc2c1=O)NCc1ccccc1CN1CCCCC1. The van der Waals surface area contributed by atoms with E-state index in [1.54, 1.807) is 24.3 Å². The molecule has 0 aliphatic carbocycles. The summed E-state index contributed by atoms with van der Waals surface area (Å²) in [5.74, 6) is -0.260. The molecule has 3 aromatic rings. The molecule has 1 fully saturated rings. The minimum Gasteiger partial charge on any atom is -0.350 e. The van der Waals surface area contributed by atoms with Crippen LogP contribution in [-0.4, -0.2) is 38.9 Å². The first-order valence-electron chi connectivity index (χ1n) is 10.1. The van der Waals surface area contributed by atoms with E-state index in [1.807, 2.05) is 18.2 Å². The van der Waals surface area contributed by atoms with Crippen LogP contribution in [0.4, 0.5) is 0 Å². The van der Waals surface area contributed by atoms with Crippen LogP contribution in [-0.2, 0) is 24.4 Å². The molecule has 150 valence electrons. The number of likely N-dealkylation sites (tertiary alicyclic amines) is 1. The molecule has 2 aromatic carbocycles. The van der Waals surface area contributed by atoms with Crippen molar-refractivity contribution in [3.8, 4) is 0 Å². The normalized spacial score (nSPS) is 14.8. The van der Waals surface area contributed by atoms with Crippen LogP contribution < -0.4 is 10.9 Å². The van der Waals surface area contributed by atoms with E-state index in [0.29, 0.717) is 17.4 Å². The van der Waals surface area contributed by atoms with Gasteiger partial charge in [0.2, 0.25) is 5.91 Å². The lowest BCUT2D eigenvalue weighted by Gasteiger charge is -2.27. The van der Waals surface area contributed by atoms with Crippen LogP contribution in [0.5, 0.6) is 0 Å². The zero-order valence-electron chi connectivity index (χ0n) is 16.4. The Labute approximate surface area is 169 Å². The molecule has 0 radical (unpaired) electrons. The Morgan fingerprint density at radius 3 is 2.52 bits per heavy atom. The highest BCUT2D eigenvalue weighted by Gasteiger charge is 2.13. The van der Waals surface area contributed by atoms with Crippen LogP contribution in [0.15, 0.2) is 53.3 Å². The molecule has 1 N–H and O–H groups in total. The van der Waals surface area contributed by atoms with Crippen molar-refractivity contribution in [3.63, 3.8) is 0 Å². The van der Waals surface area contributed by atoms with Gasteiger partial charge >= 0.3 is 0 Å². The molecule has 1 aliphatic rings. The summed E-state index contributed by atoms with van der Waals surface area (Å²) in [6, 6.07) is 15.2. The van der Waals surface area contributed by atoms with E-state index in [1.165, 1.54) is 24.8 Å². The first-order valence-corrected chi connectivity index (χ1v) is 10.1. The van der Waals surface area contributed by atoms with Crippen molar-refractivity contribution in [1.29, 1.82) is 0 Å². The van der Waals surface area contributed by atoms with Crippen molar-refractivity contribution in [1.82, 2.24) is 25.2 Å². The lowest BCUT2D eigenvalue weighted by Crippen LogP contribution is -2.34. The molecule has 1 amide bonds. The second-order valence-corrected chi connectivity index (χ2v) is 7.45. The molecule has 7 nitrogen and oxygen atoms in total. The summed E-state index contributed by atoms with van der Waals surface area (Å²) >= 11 is 0. The third kappa shape index (κ3) is 4.68. The average molecular weight is 391 g/mol. The molecule has 4 rings (SSSR count). The van der Waals surface area contributed by atoms with Crippen molar-refractivity contribution in [2.45, 2.75) is 38.9 Å². The van der Waals surface area contributed by atoms with E-state index in [9.17, 15) is 9.59 Å². The summed E-state index contributed by atoms with van der Waals surface area (Å²) in [5.41, 5.74) is 2.55. The fourth-order valence-corrected chi connectivity index (χ4v) is 3.76. The molecule has 7 heteroatoms. The van der Waals surface area contributed by atoms with Crippen molar-refractivity contribution >= 4 is 16.8 Å². The first-order chi connectivity index (χ1) is 14.2. The minimum absolute atomic E-state index is 0.148. The van der Waals surface area contributed by atoms with E-state index in [-0.39, 0.29) is 18.0 Å². The molecule has 0 atom stereocenters. The van der Waals surface area contributed by atoms with Gasteiger partial charge in [-0.2, -0.15) is 0 Å². The monoisotopic (exact) mass is 391 g/mol. The van der Waals surface area contributed by atoms with Gasteiger partial charge in [0.05, 0.1) is 5.39 Å². The molecule has 1 aliphatic heterocycles. The number of fused-ring (bicyclic) bond motifs is 1. The van der Waals surface area contributed by atoms with Crippen LogP contribution >= 0.6 is 0 Å². The summed E-state index contributed by atoms with van der Waals surface area (Å²) < 4.78 is 1.11. The first kappa shape index (κ1) is 19.3. The highest BCUT2D eigenvalue weighted by molar-refractivity contribution is 5.78. The van der Waals surface area contributed by atoms with E-state index in [2.05, 4.69) is 26.6 Å². The fraction of sp³-hybridized carbons (Fsp3) is 0.364. The highest BCUT2D eigenvalue weighted by Crippen LogP contribution is 2.16. The Morgan fingerprint density at radius 1 is 0.966 bits per heavy atom. The molecular formula is C22H25N5O2. The smallest absolute Gasteiger partial charge is 0.278 e. The number of hydrogen-bond donors (Lipinski definition) is 1. The lowest BCUT2D eigenvalue weighted by molar-refractivity contribution is -0.122. The number of benzene rings is 2. The largest absolute Gasteiger partial charge is 0.350 e. The molecule has 1 saturated heterocycles. The van der Waals surface area contributed by atoms with Crippen molar-refractivity contribution in [3.05, 3.63) is 70.0 Å². The van der Waals surface area contributed by atoms with Crippen LogP contribution in [0.25, 0.3) is 10.9 Å². The quantitative estimate of drug-likeness (QED) is 0.696. The number of hydrogen-bond acceptors (Lipinski definition) is 5. The minimum atomic E-state index is -0.309. The maximum absolute atomic E-state index is 12.5.